The molecule has 0 unspecified atom stereocenters. The summed E-state index contributed by atoms with van der Waals surface area (Å²) in [7, 11) is 0. The first-order valence-corrected chi connectivity index (χ1v) is 7.99. The van der Waals surface area contributed by atoms with E-state index in [2.05, 4.69) is 20.8 Å². The van der Waals surface area contributed by atoms with Gasteiger partial charge < -0.3 is 10.6 Å². The molecule has 1 aromatic rings. The van der Waals surface area contributed by atoms with Gasteiger partial charge in [0.25, 0.3) is 5.91 Å². The molecule has 0 atom stereocenters. The van der Waals surface area contributed by atoms with E-state index in [4.69, 9.17) is 5.73 Å². The smallest absolute Gasteiger partial charge is 0.255 e. The van der Waals surface area contributed by atoms with Crippen LogP contribution >= 0.6 is 15.9 Å². The van der Waals surface area contributed by atoms with Crippen LogP contribution in [0.15, 0.2) is 22.7 Å². The Labute approximate surface area is 128 Å². The third-order valence-electron chi connectivity index (χ3n) is 4.09. The van der Waals surface area contributed by atoms with E-state index in [-0.39, 0.29) is 5.91 Å². The fourth-order valence-corrected chi connectivity index (χ4v) is 3.09. The molecule has 5 heteroatoms. The largest absolute Gasteiger partial charge is 0.399 e. The number of hydrogen-bond donors (Lipinski definition) is 1. The van der Waals surface area contributed by atoms with Crippen LogP contribution in [0, 0.1) is 5.92 Å². The number of halogens is 1. The van der Waals surface area contributed by atoms with Crippen molar-refractivity contribution >= 4 is 27.5 Å². The molecule has 1 heterocycles. The maximum Gasteiger partial charge on any atom is 0.255 e. The molecule has 2 N–H and O–H groups in total. The van der Waals surface area contributed by atoms with E-state index in [1.165, 1.54) is 19.4 Å². The van der Waals surface area contributed by atoms with Crippen LogP contribution in [0.2, 0.25) is 0 Å². The van der Waals surface area contributed by atoms with Crippen molar-refractivity contribution in [3.05, 3.63) is 28.2 Å². The summed E-state index contributed by atoms with van der Waals surface area (Å²) in [6, 6.07) is 5.39. The Balaban J connectivity index is 1.61. The lowest BCUT2D eigenvalue weighted by molar-refractivity contribution is 0.0631. The lowest BCUT2D eigenvalue weighted by Gasteiger charge is -2.35. The zero-order valence-corrected chi connectivity index (χ0v) is 13.1. The highest BCUT2D eigenvalue weighted by Crippen LogP contribution is 2.30. The summed E-state index contributed by atoms with van der Waals surface area (Å²) in [5, 5.41) is 0. The molecule has 1 saturated carbocycles. The standard InChI is InChI=1S/C15H20BrN3O/c16-14-4-3-12(17)9-13(14)15(20)19-7-5-18(6-8-19)10-11-1-2-11/h3-4,9,11H,1-2,5-8,10,17H2. The van der Waals surface area contributed by atoms with E-state index in [0.717, 1.165) is 36.6 Å². The summed E-state index contributed by atoms with van der Waals surface area (Å²) in [5.41, 5.74) is 7.07. The summed E-state index contributed by atoms with van der Waals surface area (Å²) in [5.74, 6) is 0.996. The van der Waals surface area contributed by atoms with Crippen molar-refractivity contribution in [2.75, 3.05) is 38.5 Å². The van der Waals surface area contributed by atoms with Crippen LogP contribution in [0.1, 0.15) is 23.2 Å². The lowest BCUT2D eigenvalue weighted by atomic mass is 10.1. The summed E-state index contributed by atoms with van der Waals surface area (Å²) in [6.45, 7) is 4.81. The first-order valence-electron chi connectivity index (χ1n) is 7.20. The van der Waals surface area contributed by atoms with Crippen LogP contribution in [-0.4, -0.2) is 48.4 Å². The van der Waals surface area contributed by atoms with E-state index in [9.17, 15) is 4.79 Å². The van der Waals surface area contributed by atoms with Crippen LogP contribution in [0.5, 0.6) is 0 Å². The Morgan fingerprint density at radius 1 is 1.25 bits per heavy atom. The van der Waals surface area contributed by atoms with E-state index in [0.29, 0.717) is 11.3 Å². The molecule has 20 heavy (non-hydrogen) atoms. The van der Waals surface area contributed by atoms with Crippen LogP contribution in [-0.2, 0) is 0 Å². The first-order chi connectivity index (χ1) is 9.63. The van der Waals surface area contributed by atoms with Gasteiger partial charge in [-0.3, -0.25) is 9.69 Å². The second-order valence-corrected chi connectivity index (χ2v) is 6.63. The van der Waals surface area contributed by atoms with Crippen molar-refractivity contribution in [3.63, 3.8) is 0 Å². The van der Waals surface area contributed by atoms with Gasteiger partial charge in [-0.05, 0) is 52.9 Å². The fraction of sp³-hybridized carbons (Fsp3) is 0.533. The first kappa shape index (κ1) is 13.9. The Kier molecular flexibility index (Phi) is 3.98. The number of amides is 1. The molecule has 4 nitrogen and oxygen atoms in total. The van der Waals surface area contributed by atoms with E-state index >= 15 is 0 Å². The van der Waals surface area contributed by atoms with Crippen molar-refractivity contribution in [2.24, 2.45) is 5.92 Å². The molecule has 2 aliphatic rings. The van der Waals surface area contributed by atoms with Gasteiger partial charge in [-0.1, -0.05) is 0 Å². The highest BCUT2D eigenvalue weighted by Gasteiger charge is 2.28. The van der Waals surface area contributed by atoms with Crippen molar-refractivity contribution in [3.8, 4) is 0 Å². The van der Waals surface area contributed by atoms with Crippen molar-refractivity contribution in [1.82, 2.24) is 9.80 Å². The van der Waals surface area contributed by atoms with Crippen LogP contribution in [0.3, 0.4) is 0 Å². The number of rotatable bonds is 3. The number of nitrogens with two attached hydrogens (primary N) is 1. The van der Waals surface area contributed by atoms with Crippen LogP contribution in [0.25, 0.3) is 0 Å². The number of carbonyl (C=O) groups excluding carboxylic acids is 1. The molecule has 1 aliphatic heterocycles. The van der Waals surface area contributed by atoms with Gasteiger partial charge in [-0.2, -0.15) is 0 Å². The average molecular weight is 338 g/mol. The SMILES string of the molecule is Nc1ccc(Br)c(C(=O)N2CCN(CC3CC3)CC2)c1. The zero-order chi connectivity index (χ0) is 14.1. The third kappa shape index (κ3) is 3.15. The summed E-state index contributed by atoms with van der Waals surface area (Å²) in [6.07, 6.45) is 2.77. The quantitative estimate of drug-likeness (QED) is 0.860. The summed E-state index contributed by atoms with van der Waals surface area (Å²) < 4.78 is 0.817. The molecule has 0 bridgehead atoms. The predicted molar refractivity (Wildman–Crippen MR) is 83.6 cm³/mol. The molecule has 0 aromatic heterocycles. The molecule has 2 fully saturated rings. The normalized spacial score (nSPS) is 20.1. The maximum absolute atomic E-state index is 12.5. The second kappa shape index (κ2) is 5.74. The Hall–Kier alpha value is -1.07. The van der Waals surface area contributed by atoms with Crippen molar-refractivity contribution in [2.45, 2.75) is 12.8 Å². The molecule has 1 saturated heterocycles. The maximum atomic E-state index is 12.5. The Bertz CT molecular complexity index is 508. The average Bonchev–Trinajstić information content (AvgIpc) is 3.26. The molecule has 1 amide bonds. The van der Waals surface area contributed by atoms with Gasteiger partial charge in [-0.15, -0.1) is 0 Å². The van der Waals surface area contributed by atoms with E-state index in [1.54, 1.807) is 12.1 Å². The highest BCUT2D eigenvalue weighted by molar-refractivity contribution is 9.10. The predicted octanol–water partition coefficient (Wildman–Crippen LogP) is 2.20. The molecule has 108 valence electrons. The molecule has 0 spiro atoms. The van der Waals surface area contributed by atoms with Gasteiger partial charge >= 0.3 is 0 Å². The molecule has 0 radical (unpaired) electrons. The van der Waals surface area contributed by atoms with Crippen molar-refractivity contribution < 1.29 is 4.79 Å². The summed E-state index contributed by atoms with van der Waals surface area (Å²) >= 11 is 3.44. The van der Waals surface area contributed by atoms with Crippen molar-refractivity contribution in [1.29, 1.82) is 0 Å². The minimum Gasteiger partial charge on any atom is -0.399 e. The molecular weight excluding hydrogens is 318 g/mol. The number of carbonyl (C=O) groups is 1. The monoisotopic (exact) mass is 337 g/mol. The van der Waals surface area contributed by atoms with Gasteiger partial charge in [-0.25, -0.2) is 0 Å². The minimum absolute atomic E-state index is 0.0789. The van der Waals surface area contributed by atoms with E-state index in [1.807, 2.05) is 11.0 Å². The molecule has 3 rings (SSSR count). The zero-order valence-electron chi connectivity index (χ0n) is 11.5. The van der Waals surface area contributed by atoms with Gasteiger partial charge in [0.15, 0.2) is 0 Å². The van der Waals surface area contributed by atoms with Gasteiger partial charge in [0.05, 0.1) is 5.56 Å². The number of piperazine rings is 1. The molecular formula is C15H20BrN3O. The lowest BCUT2D eigenvalue weighted by Crippen LogP contribution is -2.49. The number of hydrogen-bond acceptors (Lipinski definition) is 3. The van der Waals surface area contributed by atoms with Crippen LogP contribution < -0.4 is 5.73 Å². The van der Waals surface area contributed by atoms with Gasteiger partial charge in [0, 0.05) is 42.9 Å². The topological polar surface area (TPSA) is 49.6 Å². The third-order valence-corrected chi connectivity index (χ3v) is 4.79. The number of anilines is 1. The molecule has 1 aliphatic carbocycles. The second-order valence-electron chi connectivity index (χ2n) is 5.78. The number of benzene rings is 1. The number of nitrogens with zero attached hydrogens (tertiary/aromatic N) is 2. The van der Waals surface area contributed by atoms with Gasteiger partial charge in [0.2, 0.25) is 0 Å². The Morgan fingerprint density at radius 3 is 2.60 bits per heavy atom. The fourth-order valence-electron chi connectivity index (χ4n) is 2.68. The van der Waals surface area contributed by atoms with Crippen LogP contribution in [0.4, 0.5) is 5.69 Å². The summed E-state index contributed by atoms with van der Waals surface area (Å²) in [4.78, 5) is 17.0. The molecule has 1 aromatic carbocycles. The number of nitrogen functional groups attached to an aromatic ring is 1. The Morgan fingerprint density at radius 2 is 1.95 bits per heavy atom. The highest BCUT2D eigenvalue weighted by atomic mass is 79.9. The van der Waals surface area contributed by atoms with E-state index < -0.39 is 0 Å². The minimum atomic E-state index is 0.0789. The van der Waals surface area contributed by atoms with Gasteiger partial charge in [0.1, 0.15) is 0 Å².